The van der Waals surface area contributed by atoms with Gasteiger partial charge in [0.25, 0.3) is 0 Å². The molecule has 78 valence electrons. The Hall–Kier alpha value is -0.520. The number of sulfonamides is 1. The number of hydrogen-bond acceptors (Lipinski definition) is 3. The molecule has 0 bridgehead atoms. The van der Waals surface area contributed by atoms with Gasteiger partial charge in [-0.1, -0.05) is 37.1 Å². The van der Waals surface area contributed by atoms with Crippen LogP contribution in [0, 0.1) is 0 Å². The Morgan fingerprint density at radius 3 is 2.50 bits per heavy atom. The highest BCUT2D eigenvalue weighted by Gasteiger charge is 2.11. The lowest BCUT2D eigenvalue weighted by atomic mass is 10.4. The molecular formula is C9H13NO2S2. The molecule has 0 saturated heterocycles. The Balaban J connectivity index is 2.67. The first-order valence-electron chi connectivity index (χ1n) is 4.35. The zero-order valence-electron chi connectivity index (χ0n) is 7.93. The van der Waals surface area contributed by atoms with Crippen molar-refractivity contribution in [2.75, 3.05) is 5.75 Å². The lowest BCUT2D eigenvalue weighted by Gasteiger charge is -2.04. The lowest BCUT2D eigenvalue weighted by Crippen LogP contribution is -2.16. The summed E-state index contributed by atoms with van der Waals surface area (Å²) in [7, 11) is -3.32. The molecule has 5 heteroatoms. The lowest BCUT2D eigenvalue weighted by molar-refractivity contribution is 0.594. The molecule has 0 saturated carbocycles. The summed E-state index contributed by atoms with van der Waals surface area (Å²) in [5.41, 5.74) is 0. The third-order valence-corrected chi connectivity index (χ3v) is 4.38. The zero-order valence-corrected chi connectivity index (χ0v) is 9.57. The molecular weight excluding hydrogens is 218 g/mol. The van der Waals surface area contributed by atoms with E-state index in [-0.39, 0.29) is 0 Å². The second-order valence-electron chi connectivity index (χ2n) is 2.75. The molecule has 1 aromatic carbocycles. The first-order chi connectivity index (χ1) is 6.67. The van der Waals surface area contributed by atoms with Crippen LogP contribution >= 0.6 is 11.9 Å². The minimum atomic E-state index is -3.32. The Morgan fingerprint density at radius 1 is 1.29 bits per heavy atom. The Bertz CT molecular complexity index is 362. The van der Waals surface area contributed by atoms with Crippen LogP contribution in [-0.2, 0) is 10.0 Å². The highest BCUT2D eigenvalue weighted by molar-refractivity contribution is 8.09. The summed E-state index contributed by atoms with van der Waals surface area (Å²) in [5.74, 6) is 0.784. The van der Waals surface area contributed by atoms with E-state index >= 15 is 0 Å². The fourth-order valence-corrected chi connectivity index (χ4v) is 2.93. The average Bonchev–Trinajstić information content (AvgIpc) is 2.19. The average molecular weight is 231 g/mol. The maximum Gasteiger partial charge on any atom is 0.249 e. The van der Waals surface area contributed by atoms with E-state index in [1.165, 1.54) is 11.9 Å². The minimum absolute atomic E-state index is 0.309. The molecule has 0 spiro atoms. The molecule has 0 aliphatic rings. The van der Waals surface area contributed by atoms with E-state index in [0.29, 0.717) is 4.90 Å². The van der Waals surface area contributed by atoms with Crippen LogP contribution in [0.25, 0.3) is 0 Å². The Kier molecular flexibility index (Phi) is 4.44. The monoisotopic (exact) mass is 231 g/mol. The molecule has 1 N–H and O–H groups in total. The van der Waals surface area contributed by atoms with Gasteiger partial charge in [0.15, 0.2) is 0 Å². The fourth-order valence-electron chi connectivity index (χ4n) is 0.869. The predicted molar refractivity (Wildman–Crippen MR) is 59.5 cm³/mol. The molecule has 0 unspecified atom stereocenters. The fraction of sp³-hybridized carbons (Fsp3) is 0.333. The summed E-state index contributed by atoms with van der Waals surface area (Å²) in [6, 6.07) is 8.36. The standard InChI is InChI=1S/C9H13NO2S2/c1-2-8-13-10-14(11,12)9-6-4-3-5-7-9/h3-7,10H,2,8H2,1H3. The van der Waals surface area contributed by atoms with E-state index in [0.717, 1.165) is 12.2 Å². The van der Waals surface area contributed by atoms with Crippen molar-refractivity contribution >= 4 is 22.0 Å². The minimum Gasteiger partial charge on any atom is -0.206 e. The third-order valence-electron chi connectivity index (χ3n) is 1.53. The van der Waals surface area contributed by atoms with Crippen LogP contribution in [-0.4, -0.2) is 14.2 Å². The second kappa shape index (κ2) is 5.38. The van der Waals surface area contributed by atoms with Crippen molar-refractivity contribution in [2.24, 2.45) is 0 Å². The second-order valence-corrected chi connectivity index (χ2v) is 5.59. The van der Waals surface area contributed by atoms with E-state index in [4.69, 9.17) is 0 Å². The first kappa shape index (κ1) is 11.6. The molecule has 1 rings (SSSR count). The normalized spacial score (nSPS) is 11.5. The number of benzene rings is 1. The molecule has 3 nitrogen and oxygen atoms in total. The van der Waals surface area contributed by atoms with Crippen molar-refractivity contribution < 1.29 is 8.42 Å². The highest BCUT2D eigenvalue weighted by atomic mass is 32.3. The van der Waals surface area contributed by atoms with E-state index in [2.05, 4.69) is 4.13 Å². The van der Waals surface area contributed by atoms with E-state index in [1.54, 1.807) is 30.3 Å². The van der Waals surface area contributed by atoms with Crippen molar-refractivity contribution in [3.05, 3.63) is 30.3 Å². The summed E-state index contributed by atoms with van der Waals surface area (Å²) < 4.78 is 25.6. The third kappa shape index (κ3) is 3.32. The number of rotatable bonds is 5. The number of hydrogen-bond donors (Lipinski definition) is 1. The highest BCUT2D eigenvalue weighted by Crippen LogP contribution is 2.10. The van der Waals surface area contributed by atoms with Gasteiger partial charge in [-0.25, -0.2) is 8.42 Å². The van der Waals surface area contributed by atoms with Gasteiger partial charge >= 0.3 is 0 Å². The molecule has 14 heavy (non-hydrogen) atoms. The van der Waals surface area contributed by atoms with E-state index in [1.807, 2.05) is 6.92 Å². The van der Waals surface area contributed by atoms with E-state index in [9.17, 15) is 8.42 Å². The van der Waals surface area contributed by atoms with Gasteiger partial charge in [0.2, 0.25) is 10.0 Å². The van der Waals surface area contributed by atoms with Crippen LogP contribution in [0.15, 0.2) is 35.2 Å². The van der Waals surface area contributed by atoms with Gasteiger partial charge in [0.1, 0.15) is 0 Å². The largest absolute Gasteiger partial charge is 0.249 e. The molecule has 0 heterocycles. The number of nitrogens with one attached hydrogen (secondary N) is 1. The van der Waals surface area contributed by atoms with Gasteiger partial charge in [0.05, 0.1) is 4.90 Å². The molecule has 0 aliphatic heterocycles. The van der Waals surface area contributed by atoms with Crippen LogP contribution in [0.4, 0.5) is 0 Å². The Morgan fingerprint density at radius 2 is 1.93 bits per heavy atom. The van der Waals surface area contributed by atoms with Crippen molar-refractivity contribution in [2.45, 2.75) is 18.2 Å². The van der Waals surface area contributed by atoms with Crippen molar-refractivity contribution in [1.82, 2.24) is 4.13 Å². The van der Waals surface area contributed by atoms with Gasteiger partial charge in [-0.05, 0) is 18.6 Å². The summed E-state index contributed by atoms with van der Waals surface area (Å²) in [6.07, 6.45) is 0.946. The molecule has 0 fully saturated rings. The SMILES string of the molecule is CCCSNS(=O)(=O)c1ccccc1. The summed E-state index contributed by atoms with van der Waals surface area (Å²) in [5, 5.41) is 0. The first-order valence-corrected chi connectivity index (χ1v) is 6.82. The van der Waals surface area contributed by atoms with Gasteiger partial charge in [-0.2, -0.15) is 4.13 Å². The predicted octanol–water partition coefficient (Wildman–Crippen LogP) is 2.02. The molecule has 0 aromatic heterocycles. The summed E-state index contributed by atoms with van der Waals surface area (Å²) in [4.78, 5) is 0.309. The van der Waals surface area contributed by atoms with Gasteiger partial charge in [-0.15, -0.1) is 0 Å². The van der Waals surface area contributed by atoms with Crippen LogP contribution in [0.3, 0.4) is 0 Å². The molecule has 0 aliphatic carbocycles. The quantitative estimate of drug-likeness (QED) is 0.623. The van der Waals surface area contributed by atoms with Crippen molar-refractivity contribution in [3.63, 3.8) is 0 Å². The smallest absolute Gasteiger partial charge is 0.206 e. The summed E-state index contributed by atoms with van der Waals surface area (Å²) >= 11 is 1.22. The van der Waals surface area contributed by atoms with Crippen LogP contribution in [0.1, 0.15) is 13.3 Å². The van der Waals surface area contributed by atoms with E-state index < -0.39 is 10.0 Å². The van der Waals surface area contributed by atoms with Gasteiger partial charge < -0.3 is 0 Å². The van der Waals surface area contributed by atoms with Crippen LogP contribution in [0.2, 0.25) is 0 Å². The molecule has 0 radical (unpaired) electrons. The van der Waals surface area contributed by atoms with Crippen molar-refractivity contribution in [3.8, 4) is 0 Å². The maximum atomic E-state index is 11.6. The molecule has 0 atom stereocenters. The van der Waals surface area contributed by atoms with Crippen LogP contribution < -0.4 is 4.13 Å². The van der Waals surface area contributed by atoms with Crippen LogP contribution in [0.5, 0.6) is 0 Å². The Labute approximate surface area is 89.1 Å². The van der Waals surface area contributed by atoms with Crippen molar-refractivity contribution in [1.29, 1.82) is 0 Å². The van der Waals surface area contributed by atoms with Gasteiger partial charge in [-0.3, -0.25) is 0 Å². The maximum absolute atomic E-state index is 11.6. The molecule has 1 aromatic rings. The molecule has 0 amide bonds. The summed E-state index contributed by atoms with van der Waals surface area (Å²) in [6.45, 7) is 2.00. The van der Waals surface area contributed by atoms with Gasteiger partial charge in [0, 0.05) is 5.75 Å². The zero-order chi connectivity index (χ0) is 10.4. The topological polar surface area (TPSA) is 46.2 Å².